The Morgan fingerprint density at radius 3 is 3.18 bits per heavy atom. The fourth-order valence-electron chi connectivity index (χ4n) is 2.15. The van der Waals surface area contributed by atoms with Crippen molar-refractivity contribution in [3.8, 4) is 0 Å². The third-order valence-electron chi connectivity index (χ3n) is 3.09. The van der Waals surface area contributed by atoms with Crippen LogP contribution in [0.5, 0.6) is 0 Å². The fraction of sp³-hybridized carbons (Fsp3) is 0.583. The van der Waals surface area contributed by atoms with Crippen LogP contribution < -0.4 is 10.5 Å². The van der Waals surface area contributed by atoms with Crippen LogP contribution in [0.3, 0.4) is 0 Å². The predicted molar refractivity (Wildman–Crippen MR) is 65.2 cm³/mol. The highest BCUT2D eigenvalue weighted by atomic mass is 16.1. The van der Waals surface area contributed by atoms with E-state index < -0.39 is 0 Å². The van der Waals surface area contributed by atoms with Gasteiger partial charge in [0, 0.05) is 31.5 Å². The maximum atomic E-state index is 11.5. The summed E-state index contributed by atoms with van der Waals surface area (Å²) in [5, 5.41) is 0. The number of aromatic nitrogens is 2. The smallest absolute Gasteiger partial charge is 0.252 e. The summed E-state index contributed by atoms with van der Waals surface area (Å²) in [7, 11) is 0. The third-order valence-corrected chi connectivity index (χ3v) is 3.09. The molecular formula is C12H17N3O2. The van der Waals surface area contributed by atoms with Crippen LogP contribution in [0.2, 0.25) is 0 Å². The molecule has 0 radical (unpaired) electrons. The summed E-state index contributed by atoms with van der Waals surface area (Å²) in [6, 6.07) is 1.51. The molecule has 1 saturated heterocycles. The Kier molecular flexibility index (Phi) is 3.56. The molecule has 1 atom stereocenters. The van der Waals surface area contributed by atoms with Crippen LogP contribution in [0, 0.1) is 5.92 Å². The average Bonchev–Trinajstić information content (AvgIpc) is 2.38. The molecule has 1 aromatic rings. The van der Waals surface area contributed by atoms with E-state index in [1.807, 2.05) is 11.8 Å². The molecule has 2 rings (SSSR count). The van der Waals surface area contributed by atoms with E-state index in [-0.39, 0.29) is 11.5 Å². The second kappa shape index (κ2) is 5.12. The van der Waals surface area contributed by atoms with Crippen LogP contribution in [0.1, 0.15) is 25.6 Å². The van der Waals surface area contributed by atoms with Gasteiger partial charge in [-0.25, -0.2) is 4.98 Å². The third kappa shape index (κ3) is 2.72. The quantitative estimate of drug-likeness (QED) is 0.785. The molecule has 1 aromatic heterocycles. The van der Waals surface area contributed by atoms with Crippen LogP contribution in [-0.4, -0.2) is 29.3 Å². The summed E-state index contributed by atoms with van der Waals surface area (Å²) in [4.78, 5) is 31.4. The lowest BCUT2D eigenvalue weighted by atomic mass is 10.00. The van der Waals surface area contributed by atoms with E-state index in [1.54, 1.807) is 0 Å². The molecular weight excluding hydrogens is 218 g/mol. The molecule has 0 aromatic carbocycles. The Morgan fingerprint density at radius 2 is 2.47 bits per heavy atom. The number of H-pyrrole nitrogens is 1. The molecule has 5 nitrogen and oxygen atoms in total. The van der Waals surface area contributed by atoms with E-state index in [1.165, 1.54) is 6.07 Å². The zero-order valence-corrected chi connectivity index (χ0v) is 9.98. The summed E-state index contributed by atoms with van der Waals surface area (Å²) in [6.07, 6.45) is 3.61. The number of carbonyl (C=O) groups excluding carboxylic acids is 1. The number of nitrogens with zero attached hydrogens (tertiary/aromatic N) is 2. The largest absolute Gasteiger partial charge is 0.356 e. The first kappa shape index (κ1) is 11.8. The van der Waals surface area contributed by atoms with Crippen LogP contribution in [0.25, 0.3) is 0 Å². The van der Waals surface area contributed by atoms with E-state index in [9.17, 15) is 9.59 Å². The van der Waals surface area contributed by atoms with Gasteiger partial charge < -0.3 is 14.7 Å². The minimum absolute atomic E-state index is 0.0647. The van der Waals surface area contributed by atoms with Gasteiger partial charge in [-0.3, -0.25) is 4.79 Å². The maximum absolute atomic E-state index is 11.5. The highest BCUT2D eigenvalue weighted by molar-refractivity contribution is 5.56. The van der Waals surface area contributed by atoms with Gasteiger partial charge in [0.05, 0.1) is 0 Å². The highest BCUT2D eigenvalue weighted by Gasteiger charge is 2.20. The minimum atomic E-state index is -0.125. The van der Waals surface area contributed by atoms with Crippen molar-refractivity contribution in [1.82, 2.24) is 9.97 Å². The van der Waals surface area contributed by atoms with Gasteiger partial charge in [-0.05, 0) is 12.8 Å². The number of nitrogens with one attached hydrogen (secondary N) is 1. The SMILES string of the molecule is CCc1nc(N2CCCC(C=O)C2)cc(=O)[nH]1. The van der Waals surface area contributed by atoms with Gasteiger partial charge in [-0.15, -0.1) is 0 Å². The summed E-state index contributed by atoms with van der Waals surface area (Å²) in [5.41, 5.74) is -0.125. The monoisotopic (exact) mass is 235 g/mol. The molecule has 2 heterocycles. The summed E-state index contributed by atoms with van der Waals surface area (Å²) in [6.45, 7) is 3.49. The first-order valence-electron chi connectivity index (χ1n) is 6.03. The van der Waals surface area contributed by atoms with Crippen LogP contribution >= 0.6 is 0 Å². The van der Waals surface area contributed by atoms with Gasteiger partial charge in [-0.1, -0.05) is 6.92 Å². The highest BCUT2D eigenvalue weighted by Crippen LogP contribution is 2.19. The summed E-state index contributed by atoms with van der Waals surface area (Å²) in [5.74, 6) is 1.45. The number of aromatic amines is 1. The lowest BCUT2D eigenvalue weighted by molar-refractivity contribution is -0.111. The van der Waals surface area contributed by atoms with Crippen molar-refractivity contribution >= 4 is 12.1 Å². The van der Waals surface area contributed by atoms with E-state index >= 15 is 0 Å². The van der Waals surface area contributed by atoms with Crippen LogP contribution in [0.15, 0.2) is 10.9 Å². The predicted octanol–water partition coefficient (Wildman–Crippen LogP) is 0.748. The number of piperidine rings is 1. The maximum Gasteiger partial charge on any atom is 0.252 e. The zero-order chi connectivity index (χ0) is 12.3. The molecule has 1 N–H and O–H groups in total. The van der Waals surface area contributed by atoms with Crippen LogP contribution in [0.4, 0.5) is 5.82 Å². The van der Waals surface area contributed by atoms with Crippen molar-refractivity contribution in [2.75, 3.05) is 18.0 Å². The number of aldehydes is 1. The second-order valence-electron chi connectivity index (χ2n) is 4.39. The lowest BCUT2D eigenvalue weighted by Gasteiger charge is -2.31. The normalized spacial score (nSPS) is 20.3. The Balaban J connectivity index is 2.23. The molecule has 0 spiro atoms. The van der Waals surface area contributed by atoms with Crippen molar-refractivity contribution < 1.29 is 4.79 Å². The van der Waals surface area contributed by atoms with Gasteiger partial charge in [-0.2, -0.15) is 0 Å². The fourth-order valence-corrected chi connectivity index (χ4v) is 2.15. The number of rotatable bonds is 3. The molecule has 1 aliphatic rings. The van der Waals surface area contributed by atoms with Gasteiger partial charge in [0.15, 0.2) is 0 Å². The van der Waals surface area contributed by atoms with Crippen molar-refractivity contribution in [3.63, 3.8) is 0 Å². The first-order valence-corrected chi connectivity index (χ1v) is 6.03. The minimum Gasteiger partial charge on any atom is -0.356 e. The zero-order valence-electron chi connectivity index (χ0n) is 9.98. The van der Waals surface area contributed by atoms with Gasteiger partial charge in [0.25, 0.3) is 5.56 Å². The number of aryl methyl sites for hydroxylation is 1. The summed E-state index contributed by atoms with van der Waals surface area (Å²) < 4.78 is 0. The van der Waals surface area contributed by atoms with Gasteiger partial charge >= 0.3 is 0 Å². The van der Waals surface area contributed by atoms with E-state index in [0.717, 1.165) is 25.7 Å². The number of hydrogen-bond donors (Lipinski definition) is 1. The molecule has 0 bridgehead atoms. The number of anilines is 1. The molecule has 0 aliphatic carbocycles. The lowest BCUT2D eigenvalue weighted by Crippen LogP contribution is -2.37. The average molecular weight is 235 g/mol. The molecule has 1 fully saturated rings. The Labute approximate surface area is 99.9 Å². The van der Waals surface area contributed by atoms with E-state index in [0.29, 0.717) is 24.6 Å². The Morgan fingerprint density at radius 1 is 1.65 bits per heavy atom. The standard InChI is InChI=1S/C12H17N3O2/c1-2-10-13-11(6-12(17)14-10)15-5-3-4-9(7-15)8-16/h6,8-9H,2-5,7H2,1H3,(H,13,14,17). The van der Waals surface area contributed by atoms with Crippen molar-refractivity contribution in [3.05, 3.63) is 22.2 Å². The second-order valence-corrected chi connectivity index (χ2v) is 4.39. The topological polar surface area (TPSA) is 66.1 Å². The number of hydrogen-bond acceptors (Lipinski definition) is 4. The Hall–Kier alpha value is -1.65. The molecule has 0 saturated carbocycles. The van der Waals surface area contributed by atoms with Crippen molar-refractivity contribution in [1.29, 1.82) is 0 Å². The van der Waals surface area contributed by atoms with Gasteiger partial charge in [0.2, 0.25) is 0 Å². The molecule has 92 valence electrons. The molecule has 0 amide bonds. The summed E-state index contributed by atoms with van der Waals surface area (Å²) >= 11 is 0. The van der Waals surface area contributed by atoms with Crippen molar-refractivity contribution in [2.45, 2.75) is 26.2 Å². The van der Waals surface area contributed by atoms with Gasteiger partial charge in [0.1, 0.15) is 17.9 Å². The van der Waals surface area contributed by atoms with Crippen LogP contribution in [-0.2, 0) is 11.2 Å². The molecule has 1 aliphatic heterocycles. The van der Waals surface area contributed by atoms with E-state index in [2.05, 4.69) is 9.97 Å². The van der Waals surface area contributed by atoms with E-state index in [4.69, 9.17) is 0 Å². The number of carbonyl (C=O) groups is 1. The molecule has 5 heteroatoms. The van der Waals surface area contributed by atoms with Crippen molar-refractivity contribution in [2.24, 2.45) is 5.92 Å². The molecule has 17 heavy (non-hydrogen) atoms. The Bertz CT molecular complexity index is 455. The first-order chi connectivity index (χ1) is 8.22. The molecule has 1 unspecified atom stereocenters.